The second-order valence-electron chi connectivity index (χ2n) is 4.40. The third-order valence-electron chi connectivity index (χ3n) is 2.91. The van der Waals surface area contributed by atoms with Gasteiger partial charge in [0.2, 0.25) is 10.0 Å². The highest BCUT2D eigenvalue weighted by molar-refractivity contribution is 7.89. The van der Waals surface area contributed by atoms with Crippen LogP contribution in [0.4, 0.5) is 0 Å². The lowest BCUT2D eigenvalue weighted by molar-refractivity contribution is 0.402. The van der Waals surface area contributed by atoms with E-state index < -0.39 is 16.1 Å². The van der Waals surface area contributed by atoms with Crippen molar-refractivity contribution in [3.05, 3.63) is 40.3 Å². The van der Waals surface area contributed by atoms with Gasteiger partial charge in [-0.3, -0.25) is 0 Å². The number of nitrogens with two attached hydrogens (primary N) is 1. The molecule has 0 spiro atoms. The average Bonchev–Trinajstić information content (AvgIpc) is 3.00. The lowest BCUT2D eigenvalue weighted by Gasteiger charge is -2.15. The molecule has 0 radical (unpaired) electrons. The van der Waals surface area contributed by atoms with Crippen molar-refractivity contribution in [2.24, 2.45) is 5.73 Å². The van der Waals surface area contributed by atoms with E-state index in [0.29, 0.717) is 5.01 Å². The van der Waals surface area contributed by atoms with Crippen LogP contribution in [-0.2, 0) is 16.6 Å². The Hall–Kier alpha value is -1.48. The second-order valence-corrected chi connectivity index (χ2v) is 7.01. The largest absolute Gasteiger partial charge is 0.495 e. The maximum Gasteiger partial charge on any atom is 0.244 e. The minimum Gasteiger partial charge on any atom is -0.495 e. The molecule has 1 aromatic carbocycles. The summed E-state index contributed by atoms with van der Waals surface area (Å²) in [5, 5.41) is 2.50. The zero-order valence-electron chi connectivity index (χ0n) is 11.7. The van der Waals surface area contributed by atoms with E-state index in [0.717, 1.165) is 5.56 Å². The number of thiazole rings is 1. The minimum atomic E-state index is -3.72. The molecule has 1 aromatic heterocycles. The predicted molar refractivity (Wildman–Crippen MR) is 81.7 cm³/mol. The van der Waals surface area contributed by atoms with E-state index >= 15 is 0 Å². The molecule has 3 N–H and O–H groups in total. The van der Waals surface area contributed by atoms with Crippen molar-refractivity contribution < 1.29 is 13.2 Å². The Morgan fingerprint density at radius 3 is 2.81 bits per heavy atom. The molecule has 2 aromatic rings. The highest BCUT2D eigenvalue weighted by Crippen LogP contribution is 2.26. The van der Waals surface area contributed by atoms with Gasteiger partial charge in [0.15, 0.2) is 0 Å². The van der Waals surface area contributed by atoms with Crippen LogP contribution in [0.25, 0.3) is 0 Å². The zero-order valence-corrected chi connectivity index (χ0v) is 13.4. The molecule has 1 unspecified atom stereocenters. The Labute approximate surface area is 128 Å². The summed E-state index contributed by atoms with van der Waals surface area (Å²) in [5.41, 5.74) is 6.29. The third kappa shape index (κ3) is 3.59. The van der Waals surface area contributed by atoms with Crippen molar-refractivity contribution >= 4 is 21.4 Å². The molecule has 1 heterocycles. The normalized spacial score (nSPS) is 13.1. The zero-order chi connectivity index (χ0) is 15.5. The van der Waals surface area contributed by atoms with Crippen LogP contribution in [0, 0.1) is 0 Å². The van der Waals surface area contributed by atoms with Crippen LogP contribution in [0.1, 0.15) is 23.5 Å². The number of methoxy groups -OCH3 is 1. The van der Waals surface area contributed by atoms with Gasteiger partial charge in [0.05, 0.1) is 13.2 Å². The summed E-state index contributed by atoms with van der Waals surface area (Å²) in [6.07, 6.45) is 1.64. The van der Waals surface area contributed by atoms with Crippen molar-refractivity contribution in [3.63, 3.8) is 0 Å². The van der Waals surface area contributed by atoms with Gasteiger partial charge in [-0.1, -0.05) is 6.07 Å². The number of ether oxygens (including phenoxy) is 1. The third-order valence-corrected chi connectivity index (χ3v) is 5.43. The maximum atomic E-state index is 12.5. The van der Waals surface area contributed by atoms with Gasteiger partial charge >= 0.3 is 0 Å². The topological polar surface area (TPSA) is 94.3 Å². The van der Waals surface area contributed by atoms with Crippen molar-refractivity contribution in [1.29, 1.82) is 0 Å². The minimum absolute atomic E-state index is 0.0800. The number of nitrogens with zero attached hydrogens (tertiary/aromatic N) is 1. The van der Waals surface area contributed by atoms with Gasteiger partial charge in [-0.15, -0.1) is 11.3 Å². The van der Waals surface area contributed by atoms with Gasteiger partial charge in [-0.2, -0.15) is 0 Å². The molecule has 114 valence electrons. The first-order valence-electron chi connectivity index (χ1n) is 6.26. The Balaban J connectivity index is 2.34. The smallest absolute Gasteiger partial charge is 0.244 e. The van der Waals surface area contributed by atoms with Crippen molar-refractivity contribution in [2.75, 3.05) is 7.11 Å². The quantitative estimate of drug-likeness (QED) is 0.841. The summed E-state index contributed by atoms with van der Waals surface area (Å²) in [5.74, 6) is 0.283. The summed E-state index contributed by atoms with van der Waals surface area (Å²) in [6, 6.07) is 4.45. The maximum absolute atomic E-state index is 12.5. The van der Waals surface area contributed by atoms with Gasteiger partial charge < -0.3 is 10.5 Å². The molecule has 0 aliphatic heterocycles. The number of nitrogens with one attached hydrogen (secondary N) is 1. The highest BCUT2D eigenvalue weighted by Gasteiger charge is 2.23. The summed E-state index contributed by atoms with van der Waals surface area (Å²) >= 11 is 1.40. The standard InChI is InChI=1S/C13H17N3O3S2/c1-9(13-15-5-6-20-13)16-21(17,18)12-7-10(8-14)3-4-11(12)19-2/h3-7,9,16H,8,14H2,1-2H3. The number of rotatable bonds is 6. The van der Waals surface area contributed by atoms with E-state index in [2.05, 4.69) is 9.71 Å². The van der Waals surface area contributed by atoms with Gasteiger partial charge in [0.1, 0.15) is 15.7 Å². The van der Waals surface area contributed by atoms with Gasteiger partial charge in [0, 0.05) is 18.1 Å². The Kier molecular flexibility index (Phi) is 4.94. The lowest BCUT2D eigenvalue weighted by Crippen LogP contribution is -2.27. The predicted octanol–water partition coefficient (Wildman–Crippen LogP) is 1.65. The van der Waals surface area contributed by atoms with E-state index in [-0.39, 0.29) is 17.2 Å². The molecule has 0 fully saturated rings. The molecule has 2 rings (SSSR count). The summed E-state index contributed by atoms with van der Waals surface area (Å²) < 4.78 is 32.8. The Morgan fingerprint density at radius 1 is 1.48 bits per heavy atom. The van der Waals surface area contributed by atoms with Gasteiger partial charge in [-0.05, 0) is 24.6 Å². The van der Waals surface area contributed by atoms with Crippen molar-refractivity contribution in [1.82, 2.24) is 9.71 Å². The van der Waals surface area contributed by atoms with Gasteiger partial charge in [0.25, 0.3) is 0 Å². The molecule has 0 aliphatic carbocycles. The molecule has 8 heteroatoms. The van der Waals surface area contributed by atoms with Crippen LogP contribution in [-0.4, -0.2) is 20.5 Å². The fraction of sp³-hybridized carbons (Fsp3) is 0.308. The molecule has 0 saturated carbocycles. The van der Waals surface area contributed by atoms with Crippen LogP contribution < -0.4 is 15.2 Å². The molecule has 1 atom stereocenters. The summed E-state index contributed by atoms with van der Waals surface area (Å²) in [7, 11) is -2.29. The fourth-order valence-electron chi connectivity index (χ4n) is 1.85. The molecule has 0 aliphatic rings. The number of hydrogen-bond acceptors (Lipinski definition) is 6. The average molecular weight is 327 g/mol. The van der Waals surface area contributed by atoms with E-state index in [1.807, 2.05) is 0 Å². The molecule has 6 nitrogen and oxygen atoms in total. The van der Waals surface area contributed by atoms with Crippen LogP contribution in [0.5, 0.6) is 5.75 Å². The van der Waals surface area contributed by atoms with Crippen molar-refractivity contribution in [3.8, 4) is 5.75 Å². The van der Waals surface area contributed by atoms with E-state index in [4.69, 9.17) is 10.5 Å². The monoisotopic (exact) mass is 327 g/mol. The molecule has 21 heavy (non-hydrogen) atoms. The van der Waals surface area contributed by atoms with Crippen LogP contribution in [0.3, 0.4) is 0 Å². The number of hydrogen-bond donors (Lipinski definition) is 2. The second kappa shape index (κ2) is 6.52. The Bertz CT molecular complexity index is 699. The first-order chi connectivity index (χ1) is 9.97. The van der Waals surface area contributed by atoms with Crippen LogP contribution in [0.15, 0.2) is 34.7 Å². The summed E-state index contributed by atoms with van der Waals surface area (Å²) in [4.78, 5) is 4.19. The number of benzene rings is 1. The van der Waals surface area contributed by atoms with Crippen molar-refractivity contribution in [2.45, 2.75) is 24.4 Å². The molecular formula is C13H17N3O3S2. The molecule has 0 bridgehead atoms. The summed E-state index contributed by atoms with van der Waals surface area (Å²) in [6.45, 7) is 2.00. The highest BCUT2D eigenvalue weighted by atomic mass is 32.2. The number of sulfonamides is 1. The first kappa shape index (κ1) is 15.9. The SMILES string of the molecule is COc1ccc(CN)cc1S(=O)(=O)NC(C)c1nccs1. The molecule has 0 amide bonds. The van der Waals surface area contributed by atoms with Crippen LogP contribution in [0.2, 0.25) is 0 Å². The van der Waals surface area contributed by atoms with E-state index in [1.165, 1.54) is 24.5 Å². The molecular weight excluding hydrogens is 310 g/mol. The number of aromatic nitrogens is 1. The van der Waals surface area contributed by atoms with Crippen LogP contribution >= 0.6 is 11.3 Å². The fourth-order valence-corrected chi connectivity index (χ4v) is 4.00. The lowest BCUT2D eigenvalue weighted by atomic mass is 10.2. The van der Waals surface area contributed by atoms with E-state index in [1.54, 1.807) is 30.6 Å². The Morgan fingerprint density at radius 2 is 2.24 bits per heavy atom. The molecule has 0 saturated heterocycles. The first-order valence-corrected chi connectivity index (χ1v) is 8.63. The van der Waals surface area contributed by atoms with E-state index in [9.17, 15) is 8.42 Å². The van der Waals surface area contributed by atoms with Gasteiger partial charge in [-0.25, -0.2) is 18.1 Å².